The molecule has 0 aromatic rings. The first-order chi connectivity index (χ1) is 8.72. The van der Waals surface area contributed by atoms with Crippen LogP contribution in [0.25, 0.3) is 0 Å². The van der Waals surface area contributed by atoms with E-state index in [9.17, 15) is 9.59 Å². The van der Waals surface area contributed by atoms with E-state index < -0.39 is 5.54 Å². The summed E-state index contributed by atoms with van der Waals surface area (Å²) < 4.78 is 0. The Hall–Kier alpha value is -1.10. The summed E-state index contributed by atoms with van der Waals surface area (Å²) in [5.74, 6) is 0.0221. The summed E-state index contributed by atoms with van der Waals surface area (Å²) in [6.45, 7) is 6.62. The first-order valence-electron chi connectivity index (χ1n) is 7.13. The zero-order valence-electron chi connectivity index (χ0n) is 12.2. The number of nitrogens with zero attached hydrogens (tertiary/aromatic N) is 1. The predicted molar refractivity (Wildman–Crippen MR) is 73.4 cm³/mol. The predicted octanol–water partition coefficient (Wildman–Crippen LogP) is 0.773. The molecule has 0 bridgehead atoms. The number of likely N-dealkylation sites (tertiary alicyclic amines) is 1. The largest absolute Gasteiger partial charge is 0.349 e. The molecule has 0 radical (unpaired) electrons. The van der Waals surface area contributed by atoms with Crippen molar-refractivity contribution in [1.82, 2.24) is 10.2 Å². The molecule has 1 saturated heterocycles. The highest BCUT2D eigenvalue weighted by Gasteiger charge is 2.41. The van der Waals surface area contributed by atoms with Gasteiger partial charge in [0.25, 0.3) is 0 Å². The highest BCUT2D eigenvalue weighted by molar-refractivity contribution is 5.88. The van der Waals surface area contributed by atoms with Gasteiger partial charge < -0.3 is 16.0 Å². The molecule has 108 valence electrons. The number of hydrogen-bond acceptors (Lipinski definition) is 3. The first-order valence-corrected chi connectivity index (χ1v) is 7.13. The summed E-state index contributed by atoms with van der Waals surface area (Å²) >= 11 is 0. The Morgan fingerprint density at radius 1 is 1.37 bits per heavy atom. The quantitative estimate of drug-likeness (QED) is 0.776. The lowest BCUT2D eigenvalue weighted by Crippen LogP contribution is -2.55. The summed E-state index contributed by atoms with van der Waals surface area (Å²) in [6, 6.07) is -0.0970. The van der Waals surface area contributed by atoms with Crippen LogP contribution in [0.1, 0.15) is 52.9 Å². The minimum absolute atomic E-state index is 0.0847. The molecule has 0 aromatic carbocycles. The zero-order chi connectivity index (χ0) is 14.3. The smallest absolute Gasteiger partial charge is 0.240 e. The van der Waals surface area contributed by atoms with Gasteiger partial charge in [-0.2, -0.15) is 0 Å². The van der Waals surface area contributed by atoms with Crippen molar-refractivity contribution in [1.29, 1.82) is 0 Å². The van der Waals surface area contributed by atoms with Crippen LogP contribution in [0.3, 0.4) is 0 Å². The van der Waals surface area contributed by atoms with Crippen molar-refractivity contribution in [3.05, 3.63) is 0 Å². The van der Waals surface area contributed by atoms with Crippen LogP contribution in [-0.4, -0.2) is 40.4 Å². The van der Waals surface area contributed by atoms with Gasteiger partial charge in [-0.1, -0.05) is 12.8 Å². The van der Waals surface area contributed by atoms with Gasteiger partial charge in [0, 0.05) is 18.5 Å². The second kappa shape index (κ2) is 4.78. The third kappa shape index (κ3) is 2.91. The number of carbonyl (C=O) groups is 2. The van der Waals surface area contributed by atoms with Crippen LogP contribution in [-0.2, 0) is 9.59 Å². The molecule has 1 aliphatic heterocycles. The molecule has 2 rings (SSSR count). The van der Waals surface area contributed by atoms with Crippen molar-refractivity contribution in [2.75, 3.05) is 6.54 Å². The second-order valence-electron chi connectivity index (χ2n) is 6.91. The number of carbonyl (C=O) groups excluding carboxylic acids is 2. The molecule has 1 saturated carbocycles. The fourth-order valence-corrected chi connectivity index (χ4v) is 3.01. The number of rotatable bonds is 2. The Morgan fingerprint density at radius 3 is 2.42 bits per heavy atom. The van der Waals surface area contributed by atoms with Crippen LogP contribution < -0.4 is 11.1 Å². The molecule has 1 unspecified atom stereocenters. The van der Waals surface area contributed by atoms with Gasteiger partial charge >= 0.3 is 0 Å². The zero-order valence-corrected chi connectivity index (χ0v) is 12.2. The number of nitrogens with one attached hydrogen (secondary N) is 1. The average Bonchev–Trinajstić information content (AvgIpc) is 2.85. The van der Waals surface area contributed by atoms with Crippen LogP contribution in [0, 0.1) is 0 Å². The molecule has 1 aliphatic carbocycles. The van der Waals surface area contributed by atoms with Crippen LogP contribution in [0.4, 0.5) is 0 Å². The first kappa shape index (κ1) is 14.3. The molecule has 0 spiro atoms. The Balaban J connectivity index is 1.95. The lowest BCUT2D eigenvalue weighted by Gasteiger charge is -2.32. The molecular weight excluding hydrogens is 242 g/mol. The highest BCUT2D eigenvalue weighted by atomic mass is 16.2. The van der Waals surface area contributed by atoms with Crippen molar-refractivity contribution in [2.24, 2.45) is 5.73 Å². The lowest BCUT2D eigenvalue weighted by atomic mass is 9.97. The fraction of sp³-hybridized carbons (Fsp3) is 0.857. The maximum atomic E-state index is 12.2. The average molecular weight is 267 g/mol. The van der Waals surface area contributed by atoms with Gasteiger partial charge in [0.1, 0.15) is 0 Å². The summed E-state index contributed by atoms with van der Waals surface area (Å²) in [4.78, 5) is 26.0. The summed E-state index contributed by atoms with van der Waals surface area (Å²) in [5.41, 5.74) is 5.22. The topological polar surface area (TPSA) is 75.4 Å². The van der Waals surface area contributed by atoms with E-state index in [0.717, 1.165) is 25.7 Å². The molecular formula is C14H25N3O2. The lowest BCUT2D eigenvalue weighted by molar-refractivity contribution is -0.131. The molecule has 19 heavy (non-hydrogen) atoms. The normalized spacial score (nSPS) is 26.8. The number of amides is 2. The van der Waals surface area contributed by atoms with Gasteiger partial charge in [0.05, 0.1) is 11.6 Å². The van der Waals surface area contributed by atoms with E-state index in [0.29, 0.717) is 13.0 Å². The SMILES string of the molecule is CC(C)(C)N1CC(NC(=O)C2(N)CCCC2)CC1=O. The molecule has 1 heterocycles. The summed E-state index contributed by atoms with van der Waals surface area (Å²) in [7, 11) is 0. The van der Waals surface area contributed by atoms with Crippen LogP contribution in [0.2, 0.25) is 0 Å². The van der Waals surface area contributed by atoms with Crippen molar-refractivity contribution < 1.29 is 9.59 Å². The fourth-order valence-electron chi connectivity index (χ4n) is 3.01. The maximum Gasteiger partial charge on any atom is 0.240 e. The van der Waals surface area contributed by atoms with Crippen molar-refractivity contribution in [2.45, 2.75) is 70.0 Å². The summed E-state index contributed by atoms with van der Waals surface area (Å²) in [6.07, 6.45) is 3.92. The molecule has 2 amide bonds. The molecule has 5 nitrogen and oxygen atoms in total. The van der Waals surface area contributed by atoms with Gasteiger partial charge in [0.2, 0.25) is 11.8 Å². The Labute approximate surface area is 114 Å². The molecule has 1 atom stereocenters. The molecule has 0 aromatic heterocycles. The standard InChI is InChI=1S/C14H25N3O2/c1-13(2,3)17-9-10(8-11(17)18)16-12(19)14(15)6-4-5-7-14/h10H,4-9,15H2,1-3H3,(H,16,19). The van der Waals surface area contributed by atoms with Gasteiger partial charge in [-0.05, 0) is 33.6 Å². The summed E-state index contributed by atoms with van der Waals surface area (Å²) in [5, 5.41) is 2.97. The van der Waals surface area contributed by atoms with E-state index in [2.05, 4.69) is 5.32 Å². The van der Waals surface area contributed by atoms with Crippen LogP contribution in [0.15, 0.2) is 0 Å². The van der Waals surface area contributed by atoms with Gasteiger partial charge in [-0.25, -0.2) is 0 Å². The van der Waals surface area contributed by atoms with Gasteiger partial charge in [-0.15, -0.1) is 0 Å². The van der Waals surface area contributed by atoms with Gasteiger partial charge in [0.15, 0.2) is 0 Å². The Kier molecular flexibility index (Phi) is 3.60. The molecule has 3 N–H and O–H groups in total. The van der Waals surface area contributed by atoms with Crippen molar-refractivity contribution in [3.63, 3.8) is 0 Å². The number of nitrogens with two attached hydrogens (primary N) is 1. The van der Waals surface area contributed by atoms with Crippen LogP contribution >= 0.6 is 0 Å². The van der Waals surface area contributed by atoms with Crippen molar-refractivity contribution >= 4 is 11.8 Å². The van der Waals surface area contributed by atoms with E-state index in [4.69, 9.17) is 5.73 Å². The third-order valence-electron chi connectivity index (χ3n) is 4.22. The van der Waals surface area contributed by atoms with Gasteiger partial charge in [-0.3, -0.25) is 9.59 Å². The molecule has 2 aliphatic rings. The molecule has 5 heteroatoms. The van der Waals surface area contributed by atoms with E-state index in [1.807, 2.05) is 25.7 Å². The van der Waals surface area contributed by atoms with E-state index in [1.54, 1.807) is 0 Å². The van der Waals surface area contributed by atoms with E-state index in [-0.39, 0.29) is 23.4 Å². The minimum Gasteiger partial charge on any atom is -0.349 e. The van der Waals surface area contributed by atoms with Crippen molar-refractivity contribution in [3.8, 4) is 0 Å². The van der Waals surface area contributed by atoms with Crippen LogP contribution in [0.5, 0.6) is 0 Å². The Morgan fingerprint density at radius 2 is 1.95 bits per heavy atom. The second-order valence-corrected chi connectivity index (χ2v) is 6.91. The monoisotopic (exact) mass is 267 g/mol. The minimum atomic E-state index is -0.710. The Bertz CT molecular complexity index is 381. The third-order valence-corrected chi connectivity index (χ3v) is 4.22. The number of hydrogen-bond donors (Lipinski definition) is 2. The van der Waals surface area contributed by atoms with E-state index >= 15 is 0 Å². The highest BCUT2D eigenvalue weighted by Crippen LogP contribution is 2.28. The van der Waals surface area contributed by atoms with E-state index in [1.165, 1.54) is 0 Å². The molecule has 2 fully saturated rings. The maximum absolute atomic E-state index is 12.2.